The summed E-state index contributed by atoms with van der Waals surface area (Å²) in [7, 11) is -3.91. The van der Waals surface area contributed by atoms with E-state index in [1.54, 1.807) is 0 Å². The Balaban J connectivity index is 2.23. The summed E-state index contributed by atoms with van der Waals surface area (Å²) in [5.74, 6) is -0.816. The predicted octanol–water partition coefficient (Wildman–Crippen LogP) is 2.26. The number of aryl methyl sites for hydroxylation is 1. The first kappa shape index (κ1) is 14.0. The fourth-order valence-electron chi connectivity index (χ4n) is 1.54. The van der Waals surface area contributed by atoms with E-state index in [0.29, 0.717) is 0 Å². The van der Waals surface area contributed by atoms with Crippen LogP contribution in [0.2, 0.25) is 0 Å². The van der Waals surface area contributed by atoms with E-state index in [0.717, 1.165) is 23.3 Å². The van der Waals surface area contributed by atoms with Gasteiger partial charge in [-0.15, -0.1) is 0 Å². The van der Waals surface area contributed by atoms with Gasteiger partial charge in [0.15, 0.2) is 0 Å². The van der Waals surface area contributed by atoms with Gasteiger partial charge in [0.25, 0.3) is 0 Å². The van der Waals surface area contributed by atoms with Crippen LogP contribution >= 0.6 is 11.3 Å². The number of nitrogens with one attached hydrogen (secondary N) is 1. The normalized spacial score (nSPS) is 11.7. The largest absolute Gasteiger partial charge is 0.399 e. The molecule has 7 heteroatoms. The summed E-state index contributed by atoms with van der Waals surface area (Å²) in [6, 6.07) is 3.47. The molecule has 0 saturated carbocycles. The van der Waals surface area contributed by atoms with Gasteiger partial charge in [0.05, 0.1) is 0 Å². The van der Waals surface area contributed by atoms with Crippen molar-refractivity contribution in [2.45, 2.75) is 18.4 Å². The highest BCUT2D eigenvalue weighted by atomic mass is 32.2. The van der Waals surface area contributed by atoms with Crippen LogP contribution in [-0.2, 0) is 16.6 Å². The maximum Gasteiger partial charge on any atom is 0.243 e. The summed E-state index contributed by atoms with van der Waals surface area (Å²) in [5.41, 5.74) is 7.56. The molecule has 0 amide bonds. The molecular formula is C12H13FN2O2S2. The molecule has 0 aliphatic rings. The van der Waals surface area contributed by atoms with Crippen molar-refractivity contribution in [2.24, 2.45) is 0 Å². The minimum absolute atomic E-state index is 0.131. The number of thiophene rings is 1. The van der Waals surface area contributed by atoms with Gasteiger partial charge in [-0.1, -0.05) is 0 Å². The second kappa shape index (κ2) is 5.28. The van der Waals surface area contributed by atoms with Crippen LogP contribution in [0.4, 0.5) is 10.1 Å². The molecule has 0 radical (unpaired) electrons. The van der Waals surface area contributed by atoms with Crippen LogP contribution in [0.1, 0.15) is 11.1 Å². The first-order valence-corrected chi connectivity index (χ1v) is 7.89. The number of sulfonamides is 1. The zero-order valence-electron chi connectivity index (χ0n) is 10.2. The lowest BCUT2D eigenvalue weighted by Crippen LogP contribution is -2.24. The zero-order valence-corrected chi connectivity index (χ0v) is 11.8. The number of benzene rings is 1. The van der Waals surface area contributed by atoms with Crippen molar-refractivity contribution < 1.29 is 12.8 Å². The van der Waals surface area contributed by atoms with Gasteiger partial charge in [0.1, 0.15) is 10.7 Å². The monoisotopic (exact) mass is 300 g/mol. The lowest BCUT2D eigenvalue weighted by atomic mass is 10.2. The highest BCUT2D eigenvalue weighted by molar-refractivity contribution is 7.89. The molecule has 2 aromatic rings. The van der Waals surface area contributed by atoms with Crippen LogP contribution in [0, 0.1) is 12.7 Å². The highest BCUT2D eigenvalue weighted by Gasteiger charge is 2.19. The molecule has 0 saturated heterocycles. The fourth-order valence-corrected chi connectivity index (χ4v) is 3.52. The molecule has 3 N–H and O–H groups in total. The van der Waals surface area contributed by atoms with Crippen LogP contribution in [0.3, 0.4) is 0 Å². The van der Waals surface area contributed by atoms with Crippen LogP contribution in [0.5, 0.6) is 0 Å². The summed E-state index contributed by atoms with van der Waals surface area (Å²) in [6.45, 7) is 2.02. The van der Waals surface area contributed by atoms with E-state index >= 15 is 0 Å². The van der Waals surface area contributed by atoms with Crippen LogP contribution in [0.15, 0.2) is 33.9 Å². The molecule has 0 atom stereocenters. The van der Waals surface area contributed by atoms with Crippen molar-refractivity contribution in [3.05, 3.63) is 45.9 Å². The average Bonchev–Trinajstić information content (AvgIpc) is 2.75. The third kappa shape index (κ3) is 3.12. The first-order valence-electron chi connectivity index (χ1n) is 5.46. The van der Waals surface area contributed by atoms with Crippen molar-refractivity contribution in [1.29, 1.82) is 0 Å². The van der Waals surface area contributed by atoms with E-state index in [-0.39, 0.29) is 12.2 Å². The Labute approximate surface area is 115 Å². The first-order chi connectivity index (χ1) is 8.90. The fraction of sp³-hybridized carbons (Fsp3) is 0.167. The summed E-state index contributed by atoms with van der Waals surface area (Å²) in [5, 5.41) is 3.78. The Morgan fingerprint density at radius 1 is 1.37 bits per heavy atom. The highest BCUT2D eigenvalue weighted by Crippen LogP contribution is 2.19. The molecular weight excluding hydrogens is 287 g/mol. The van der Waals surface area contributed by atoms with Crippen molar-refractivity contribution in [3.63, 3.8) is 0 Å². The van der Waals surface area contributed by atoms with E-state index in [9.17, 15) is 12.8 Å². The summed E-state index contributed by atoms with van der Waals surface area (Å²) >= 11 is 1.49. The standard InChI is InChI=1S/C12H13FN2O2S2/c1-8-6-18-7-9(8)5-15-19(16,17)12-4-10(14)2-3-11(12)13/h2-4,6-7,15H,5,14H2,1H3. The van der Waals surface area contributed by atoms with E-state index in [4.69, 9.17) is 5.73 Å². The topological polar surface area (TPSA) is 72.2 Å². The van der Waals surface area contributed by atoms with Gasteiger partial charge in [-0.2, -0.15) is 11.3 Å². The quantitative estimate of drug-likeness (QED) is 0.851. The summed E-state index contributed by atoms with van der Waals surface area (Å²) in [4.78, 5) is -0.430. The third-order valence-electron chi connectivity index (χ3n) is 2.66. The molecule has 0 bridgehead atoms. The number of anilines is 1. The van der Waals surface area contributed by atoms with Crippen molar-refractivity contribution in [3.8, 4) is 0 Å². The Morgan fingerprint density at radius 2 is 2.11 bits per heavy atom. The average molecular weight is 300 g/mol. The number of halogens is 1. The number of hydrogen-bond donors (Lipinski definition) is 2. The molecule has 0 aliphatic heterocycles. The van der Waals surface area contributed by atoms with Crippen molar-refractivity contribution in [2.75, 3.05) is 5.73 Å². The SMILES string of the molecule is Cc1cscc1CNS(=O)(=O)c1cc(N)ccc1F. The number of hydrogen-bond acceptors (Lipinski definition) is 4. The Morgan fingerprint density at radius 3 is 2.74 bits per heavy atom. The lowest BCUT2D eigenvalue weighted by Gasteiger charge is -2.08. The summed E-state index contributed by atoms with van der Waals surface area (Å²) < 4.78 is 39.9. The minimum atomic E-state index is -3.91. The molecule has 4 nitrogen and oxygen atoms in total. The molecule has 19 heavy (non-hydrogen) atoms. The van der Waals surface area contributed by atoms with Gasteiger partial charge in [-0.05, 0) is 47.0 Å². The van der Waals surface area contributed by atoms with Gasteiger partial charge in [-0.3, -0.25) is 0 Å². The van der Waals surface area contributed by atoms with E-state index in [2.05, 4.69) is 4.72 Å². The van der Waals surface area contributed by atoms with Crippen molar-refractivity contribution >= 4 is 27.0 Å². The van der Waals surface area contributed by atoms with E-state index in [1.165, 1.54) is 17.4 Å². The van der Waals surface area contributed by atoms with E-state index < -0.39 is 20.7 Å². The number of rotatable bonds is 4. The molecule has 1 aromatic carbocycles. The molecule has 2 rings (SSSR count). The smallest absolute Gasteiger partial charge is 0.243 e. The van der Waals surface area contributed by atoms with E-state index in [1.807, 2.05) is 17.7 Å². The third-order valence-corrected chi connectivity index (χ3v) is 4.99. The molecule has 0 unspecified atom stereocenters. The van der Waals surface area contributed by atoms with Gasteiger partial charge in [-0.25, -0.2) is 17.5 Å². The molecule has 0 spiro atoms. The maximum atomic E-state index is 13.5. The lowest BCUT2D eigenvalue weighted by molar-refractivity contribution is 0.557. The van der Waals surface area contributed by atoms with Gasteiger partial charge in [0.2, 0.25) is 10.0 Å². The predicted molar refractivity (Wildman–Crippen MR) is 73.9 cm³/mol. The van der Waals surface area contributed by atoms with Crippen LogP contribution < -0.4 is 10.5 Å². The molecule has 1 aromatic heterocycles. The maximum absolute atomic E-state index is 13.5. The number of nitrogens with two attached hydrogens (primary N) is 1. The molecule has 0 fully saturated rings. The zero-order chi connectivity index (χ0) is 14.0. The Kier molecular flexibility index (Phi) is 3.88. The van der Waals surface area contributed by atoms with Gasteiger partial charge >= 0.3 is 0 Å². The van der Waals surface area contributed by atoms with Gasteiger partial charge in [0, 0.05) is 12.2 Å². The minimum Gasteiger partial charge on any atom is -0.399 e. The van der Waals surface area contributed by atoms with Crippen LogP contribution in [0.25, 0.3) is 0 Å². The Hall–Kier alpha value is -1.44. The Bertz CT molecular complexity index is 696. The molecule has 0 aliphatic carbocycles. The molecule has 1 heterocycles. The van der Waals surface area contributed by atoms with Crippen molar-refractivity contribution in [1.82, 2.24) is 4.72 Å². The molecule has 102 valence electrons. The second-order valence-electron chi connectivity index (χ2n) is 4.09. The summed E-state index contributed by atoms with van der Waals surface area (Å²) in [6.07, 6.45) is 0. The van der Waals surface area contributed by atoms with Gasteiger partial charge < -0.3 is 5.73 Å². The second-order valence-corrected chi connectivity index (χ2v) is 6.57. The number of nitrogen functional groups attached to an aromatic ring is 1. The van der Waals surface area contributed by atoms with Crippen LogP contribution in [-0.4, -0.2) is 8.42 Å².